The Morgan fingerprint density at radius 3 is 2.83 bits per heavy atom. The predicted octanol–water partition coefficient (Wildman–Crippen LogP) is 0.467. The Bertz CT molecular complexity index is 540. The van der Waals surface area contributed by atoms with Gasteiger partial charge in [0.15, 0.2) is 0 Å². The summed E-state index contributed by atoms with van der Waals surface area (Å²) in [7, 11) is 0. The van der Waals surface area contributed by atoms with Crippen LogP contribution in [0.1, 0.15) is 18.6 Å². The summed E-state index contributed by atoms with van der Waals surface area (Å²) in [4.78, 5) is 28.0. The number of carbonyl (C=O) groups is 2. The first-order chi connectivity index (χ1) is 11.7. The van der Waals surface area contributed by atoms with Crippen molar-refractivity contribution in [1.29, 1.82) is 0 Å². The Morgan fingerprint density at radius 1 is 1.25 bits per heavy atom. The molecule has 1 atom stereocenters. The summed E-state index contributed by atoms with van der Waals surface area (Å²) in [6.07, 6.45) is 3.85. The topological polar surface area (TPSA) is 75.0 Å². The summed E-state index contributed by atoms with van der Waals surface area (Å²) in [6.45, 7) is 5.28. The molecule has 0 bridgehead atoms. The lowest BCUT2D eigenvalue weighted by Gasteiger charge is -2.32. The number of ether oxygens (including phenoxy) is 1. The van der Waals surface area contributed by atoms with Crippen LogP contribution in [0.15, 0.2) is 22.8 Å². The molecule has 0 radical (unpaired) electrons. The third-order valence-corrected chi connectivity index (χ3v) is 4.61. The monoisotopic (exact) mass is 335 g/mol. The van der Waals surface area contributed by atoms with E-state index in [4.69, 9.17) is 9.15 Å². The van der Waals surface area contributed by atoms with Crippen LogP contribution < -0.4 is 5.32 Å². The molecular weight excluding hydrogens is 310 g/mol. The zero-order chi connectivity index (χ0) is 16.8. The lowest BCUT2D eigenvalue weighted by molar-refractivity contribution is -0.148. The van der Waals surface area contributed by atoms with E-state index in [2.05, 4.69) is 10.2 Å². The highest BCUT2D eigenvalue weighted by Gasteiger charge is 2.25. The number of hydrogen-bond donors (Lipinski definition) is 1. The van der Waals surface area contributed by atoms with Gasteiger partial charge in [0, 0.05) is 26.2 Å². The van der Waals surface area contributed by atoms with E-state index in [1.165, 1.54) is 0 Å². The van der Waals surface area contributed by atoms with Crippen molar-refractivity contribution in [2.24, 2.45) is 5.92 Å². The van der Waals surface area contributed by atoms with E-state index in [0.29, 0.717) is 38.8 Å². The Hall–Kier alpha value is -1.86. The third kappa shape index (κ3) is 4.58. The number of piperidine rings is 1. The maximum absolute atomic E-state index is 12.1. The molecule has 1 N–H and O–H groups in total. The highest BCUT2D eigenvalue weighted by atomic mass is 16.5. The normalized spacial score (nSPS) is 22.3. The molecule has 0 saturated carbocycles. The van der Waals surface area contributed by atoms with Gasteiger partial charge in [0.2, 0.25) is 0 Å². The Kier molecular flexibility index (Phi) is 5.87. The molecular formula is C17H25N3O4. The van der Waals surface area contributed by atoms with Crippen molar-refractivity contribution in [2.75, 3.05) is 45.9 Å². The fraction of sp³-hybridized carbons (Fsp3) is 0.647. The summed E-state index contributed by atoms with van der Waals surface area (Å²) in [5.41, 5.74) is 0. The van der Waals surface area contributed by atoms with E-state index in [9.17, 15) is 9.59 Å². The van der Waals surface area contributed by atoms with Crippen molar-refractivity contribution in [2.45, 2.75) is 19.4 Å². The SMILES string of the molecule is O=C(NC[C@H]1CCCN(Cc2ccco2)C1)C(=O)N1CCOCC1. The van der Waals surface area contributed by atoms with Gasteiger partial charge in [0.25, 0.3) is 0 Å². The second-order valence-electron chi connectivity index (χ2n) is 6.44. The molecule has 2 aliphatic rings. The first-order valence-corrected chi connectivity index (χ1v) is 8.62. The van der Waals surface area contributed by atoms with Gasteiger partial charge in [-0.2, -0.15) is 0 Å². The van der Waals surface area contributed by atoms with Crippen LogP contribution in [-0.4, -0.2) is 67.6 Å². The van der Waals surface area contributed by atoms with Crippen molar-refractivity contribution >= 4 is 11.8 Å². The fourth-order valence-electron chi connectivity index (χ4n) is 3.31. The zero-order valence-corrected chi connectivity index (χ0v) is 13.9. The molecule has 7 heteroatoms. The van der Waals surface area contributed by atoms with E-state index >= 15 is 0 Å². The number of rotatable bonds is 4. The second-order valence-corrected chi connectivity index (χ2v) is 6.44. The van der Waals surface area contributed by atoms with Crippen LogP contribution >= 0.6 is 0 Å². The van der Waals surface area contributed by atoms with Crippen molar-refractivity contribution < 1.29 is 18.7 Å². The van der Waals surface area contributed by atoms with Gasteiger partial charge in [-0.05, 0) is 37.4 Å². The van der Waals surface area contributed by atoms with Gasteiger partial charge >= 0.3 is 11.8 Å². The van der Waals surface area contributed by atoms with Crippen LogP contribution in [0.25, 0.3) is 0 Å². The molecule has 24 heavy (non-hydrogen) atoms. The average molecular weight is 335 g/mol. The van der Waals surface area contributed by atoms with Crippen LogP contribution in [-0.2, 0) is 20.9 Å². The zero-order valence-electron chi connectivity index (χ0n) is 13.9. The molecule has 2 amide bonds. The number of hydrogen-bond acceptors (Lipinski definition) is 5. The van der Waals surface area contributed by atoms with E-state index in [-0.39, 0.29) is 0 Å². The van der Waals surface area contributed by atoms with Crippen LogP contribution in [0.5, 0.6) is 0 Å². The second kappa shape index (κ2) is 8.30. The summed E-state index contributed by atoms with van der Waals surface area (Å²) < 4.78 is 10.6. The van der Waals surface area contributed by atoms with Gasteiger partial charge in [-0.1, -0.05) is 0 Å². The first kappa shape index (κ1) is 17.0. The molecule has 2 saturated heterocycles. The number of morpholine rings is 1. The molecule has 3 rings (SSSR count). The van der Waals surface area contributed by atoms with E-state index < -0.39 is 11.8 Å². The molecule has 1 aromatic rings. The van der Waals surface area contributed by atoms with Crippen molar-refractivity contribution in [3.05, 3.63) is 24.2 Å². The van der Waals surface area contributed by atoms with Crippen LogP contribution in [0.3, 0.4) is 0 Å². The van der Waals surface area contributed by atoms with E-state index in [1.54, 1.807) is 11.2 Å². The smallest absolute Gasteiger partial charge is 0.312 e. The minimum Gasteiger partial charge on any atom is -0.468 e. The van der Waals surface area contributed by atoms with Gasteiger partial charge in [0.05, 0.1) is 26.0 Å². The van der Waals surface area contributed by atoms with Crippen LogP contribution in [0.2, 0.25) is 0 Å². The number of amides is 2. The van der Waals surface area contributed by atoms with Crippen LogP contribution in [0.4, 0.5) is 0 Å². The molecule has 2 aliphatic heterocycles. The molecule has 7 nitrogen and oxygen atoms in total. The largest absolute Gasteiger partial charge is 0.468 e. The Labute approximate surface area is 141 Å². The quantitative estimate of drug-likeness (QED) is 0.810. The number of carbonyl (C=O) groups excluding carboxylic acids is 2. The predicted molar refractivity (Wildman–Crippen MR) is 87.1 cm³/mol. The van der Waals surface area contributed by atoms with Gasteiger partial charge in [-0.15, -0.1) is 0 Å². The van der Waals surface area contributed by atoms with E-state index in [0.717, 1.165) is 38.2 Å². The molecule has 0 spiro atoms. The lowest BCUT2D eigenvalue weighted by atomic mass is 9.98. The van der Waals surface area contributed by atoms with Crippen molar-refractivity contribution in [1.82, 2.24) is 15.1 Å². The van der Waals surface area contributed by atoms with Gasteiger partial charge in [0.1, 0.15) is 5.76 Å². The first-order valence-electron chi connectivity index (χ1n) is 8.62. The number of furan rings is 1. The highest BCUT2D eigenvalue weighted by molar-refractivity contribution is 6.35. The van der Waals surface area contributed by atoms with Gasteiger partial charge in [-0.3, -0.25) is 14.5 Å². The van der Waals surface area contributed by atoms with E-state index in [1.807, 2.05) is 12.1 Å². The number of nitrogens with zero attached hydrogens (tertiary/aromatic N) is 2. The molecule has 3 heterocycles. The Balaban J connectivity index is 1.42. The third-order valence-electron chi connectivity index (χ3n) is 4.61. The van der Waals surface area contributed by atoms with Gasteiger partial charge < -0.3 is 19.4 Å². The summed E-state index contributed by atoms with van der Waals surface area (Å²) in [5, 5.41) is 2.81. The summed E-state index contributed by atoms with van der Waals surface area (Å²) in [5.74, 6) is 0.388. The summed E-state index contributed by atoms with van der Waals surface area (Å²) >= 11 is 0. The highest BCUT2D eigenvalue weighted by Crippen LogP contribution is 2.18. The maximum Gasteiger partial charge on any atom is 0.312 e. The fourth-order valence-corrected chi connectivity index (χ4v) is 3.31. The van der Waals surface area contributed by atoms with Crippen molar-refractivity contribution in [3.8, 4) is 0 Å². The summed E-state index contributed by atoms with van der Waals surface area (Å²) in [6, 6.07) is 3.88. The number of likely N-dealkylation sites (tertiary alicyclic amines) is 1. The molecule has 2 fully saturated rings. The van der Waals surface area contributed by atoms with Gasteiger partial charge in [-0.25, -0.2) is 0 Å². The Morgan fingerprint density at radius 2 is 2.08 bits per heavy atom. The lowest BCUT2D eigenvalue weighted by Crippen LogP contribution is -2.49. The average Bonchev–Trinajstić information content (AvgIpc) is 3.13. The number of nitrogens with one attached hydrogen (secondary N) is 1. The van der Waals surface area contributed by atoms with Crippen LogP contribution in [0, 0.1) is 5.92 Å². The maximum atomic E-state index is 12.1. The van der Waals surface area contributed by atoms with Crippen molar-refractivity contribution in [3.63, 3.8) is 0 Å². The minimum atomic E-state index is -0.500. The molecule has 0 aromatic carbocycles. The molecule has 132 valence electrons. The molecule has 0 unspecified atom stereocenters. The molecule has 1 aromatic heterocycles. The standard InChI is InChI=1S/C17H25N3O4/c21-16(17(22)20-6-9-23-10-7-20)18-11-14-3-1-5-19(12-14)13-15-4-2-8-24-15/h2,4,8,14H,1,3,5-7,9-13H2,(H,18,21)/t14-/m1/s1. The minimum absolute atomic E-state index is 0.371. The molecule has 0 aliphatic carbocycles.